The predicted octanol–water partition coefficient (Wildman–Crippen LogP) is 5.46. The van der Waals surface area contributed by atoms with Crippen LogP contribution in [0, 0.1) is 0 Å². The minimum atomic E-state index is -0.422. The Morgan fingerprint density at radius 3 is 1.71 bits per heavy atom. The van der Waals surface area contributed by atoms with Gasteiger partial charge in [0.25, 0.3) is 0 Å². The molecule has 3 aromatic carbocycles. The molecule has 0 aliphatic carbocycles. The van der Waals surface area contributed by atoms with Crippen LogP contribution in [0.3, 0.4) is 0 Å². The second kappa shape index (κ2) is 10.7. The highest BCUT2D eigenvalue weighted by atomic mass is 16.3. The van der Waals surface area contributed by atoms with E-state index >= 15 is 0 Å². The highest BCUT2D eigenvalue weighted by molar-refractivity contribution is 5.50. The number of piperidine rings is 2. The van der Waals surface area contributed by atoms with E-state index in [0.29, 0.717) is 0 Å². The van der Waals surface area contributed by atoms with Gasteiger partial charge < -0.3 is 5.11 Å². The first-order valence-electron chi connectivity index (χ1n) is 12.8. The molecule has 0 aromatic heterocycles. The van der Waals surface area contributed by atoms with Gasteiger partial charge in [-0.2, -0.15) is 0 Å². The summed E-state index contributed by atoms with van der Waals surface area (Å²) in [7, 11) is 0. The highest BCUT2D eigenvalue weighted by Gasteiger charge is 2.44. The Labute approximate surface area is 204 Å². The van der Waals surface area contributed by atoms with Gasteiger partial charge in [-0.1, -0.05) is 103 Å². The lowest BCUT2D eigenvalue weighted by Gasteiger charge is -2.48. The van der Waals surface area contributed by atoms with Crippen molar-refractivity contribution in [3.05, 3.63) is 119 Å². The molecule has 3 heteroatoms. The van der Waals surface area contributed by atoms with Crippen molar-refractivity contribution in [1.82, 2.24) is 9.80 Å². The molecular weight excluding hydrogens is 416 g/mol. The Morgan fingerprint density at radius 1 is 0.706 bits per heavy atom. The maximum Gasteiger partial charge on any atom is 0.0975 e. The van der Waals surface area contributed by atoms with Crippen LogP contribution < -0.4 is 0 Å². The van der Waals surface area contributed by atoms with Crippen LogP contribution in [0.25, 0.3) is 0 Å². The number of hydrogen-bond acceptors (Lipinski definition) is 3. The van der Waals surface area contributed by atoms with Gasteiger partial charge in [-0.05, 0) is 54.6 Å². The molecular formula is C31H36N2O. The van der Waals surface area contributed by atoms with Crippen LogP contribution in [0.5, 0.6) is 0 Å². The van der Waals surface area contributed by atoms with E-state index in [1.54, 1.807) is 0 Å². The number of hydrogen-bond donors (Lipinski definition) is 1. The highest BCUT2D eigenvalue weighted by Crippen LogP contribution is 2.44. The van der Waals surface area contributed by atoms with Gasteiger partial charge in [0.1, 0.15) is 0 Å². The number of aliphatic hydroxyl groups excluding tert-OH is 1. The minimum Gasteiger partial charge on any atom is -0.389 e. The van der Waals surface area contributed by atoms with E-state index in [9.17, 15) is 5.11 Å². The molecule has 1 atom stereocenters. The number of aliphatic hydroxyl groups is 1. The van der Waals surface area contributed by atoms with Gasteiger partial charge in [-0.25, -0.2) is 0 Å². The fraction of sp³-hybridized carbons (Fsp3) is 0.355. The Morgan fingerprint density at radius 2 is 1.21 bits per heavy atom. The monoisotopic (exact) mass is 452 g/mol. The minimum absolute atomic E-state index is 0.360. The molecule has 34 heavy (non-hydrogen) atoms. The van der Waals surface area contributed by atoms with E-state index in [1.165, 1.54) is 49.0 Å². The van der Waals surface area contributed by atoms with Crippen LogP contribution in [0.15, 0.2) is 103 Å². The van der Waals surface area contributed by atoms with Crippen molar-refractivity contribution >= 4 is 0 Å². The summed E-state index contributed by atoms with van der Waals surface area (Å²) in [5.41, 5.74) is 4.52. The fourth-order valence-corrected chi connectivity index (χ4v) is 5.83. The summed E-state index contributed by atoms with van der Waals surface area (Å²) >= 11 is 0. The molecule has 0 amide bonds. The lowest BCUT2D eigenvalue weighted by Crippen LogP contribution is -2.53. The molecule has 0 radical (unpaired) electrons. The molecule has 0 bridgehead atoms. The maximum absolute atomic E-state index is 11.0. The first-order valence-corrected chi connectivity index (χ1v) is 12.8. The second-order valence-corrected chi connectivity index (χ2v) is 9.67. The van der Waals surface area contributed by atoms with E-state index < -0.39 is 5.54 Å². The van der Waals surface area contributed by atoms with Crippen molar-refractivity contribution in [2.75, 3.05) is 32.7 Å². The molecule has 176 valence electrons. The predicted molar refractivity (Wildman–Crippen MR) is 140 cm³/mol. The largest absolute Gasteiger partial charge is 0.389 e. The number of rotatable bonds is 6. The fourth-order valence-electron chi connectivity index (χ4n) is 5.83. The number of benzene rings is 3. The Kier molecular flexibility index (Phi) is 7.24. The van der Waals surface area contributed by atoms with Crippen molar-refractivity contribution in [3.63, 3.8) is 0 Å². The summed E-state index contributed by atoms with van der Waals surface area (Å²) in [6.45, 7) is 4.88. The van der Waals surface area contributed by atoms with E-state index in [4.69, 9.17) is 0 Å². The van der Waals surface area contributed by atoms with Gasteiger partial charge in [0.15, 0.2) is 0 Å². The molecule has 0 spiro atoms. The molecule has 2 aliphatic rings. The zero-order valence-electron chi connectivity index (χ0n) is 20.0. The van der Waals surface area contributed by atoms with Crippen LogP contribution in [0.1, 0.15) is 42.4 Å². The SMILES string of the molecule is OC1CCN(C(c2ccccc2)(c2ccccc2)c2ccccc2)CC1=CCN1CCCCC1. The molecule has 1 unspecified atom stereocenters. The van der Waals surface area contributed by atoms with Crippen molar-refractivity contribution in [2.45, 2.75) is 37.3 Å². The molecule has 2 fully saturated rings. The third kappa shape index (κ3) is 4.61. The van der Waals surface area contributed by atoms with E-state index in [2.05, 4.69) is 107 Å². The van der Waals surface area contributed by atoms with Crippen LogP contribution in [-0.4, -0.2) is 53.7 Å². The summed E-state index contributed by atoms with van der Waals surface area (Å²) in [5, 5.41) is 11.0. The molecule has 1 N–H and O–H groups in total. The zero-order chi connectivity index (χ0) is 23.2. The van der Waals surface area contributed by atoms with Gasteiger partial charge in [0.2, 0.25) is 0 Å². The lowest BCUT2D eigenvalue weighted by atomic mass is 9.74. The summed E-state index contributed by atoms with van der Waals surface area (Å²) in [4.78, 5) is 5.11. The second-order valence-electron chi connectivity index (χ2n) is 9.67. The van der Waals surface area contributed by atoms with Crippen LogP contribution in [-0.2, 0) is 5.54 Å². The average molecular weight is 453 g/mol. The molecule has 2 saturated heterocycles. The molecule has 3 nitrogen and oxygen atoms in total. The van der Waals surface area contributed by atoms with Gasteiger partial charge in [0.05, 0.1) is 11.6 Å². The molecule has 2 heterocycles. The first-order chi connectivity index (χ1) is 16.8. The Balaban J connectivity index is 1.59. The normalized spacial score (nSPS) is 21.6. The Hall–Kier alpha value is -2.72. The third-order valence-electron chi connectivity index (χ3n) is 7.58. The summed E-state index contributed by atoms with van der Waals surface area (Å²) in [5.74, 6) is 0. The van der Waals surface area contributed by atoms with Crippen LogP contribution >= 0.6 is 0 Å². The summed E-state index contributed by atoms with van der Waals surface area (Å²) in [6, 6.07) is 32.6. The van der Waals surface area contributed by atoms with E-state index in [1.807, 2.05) is 0 Å². The topological polar surface area (TPSA) is 26.7 Å². The quantitative estimate of drug-likeness (QED) is 0.398. The van der Waals surface area contributed by atoms with E-state index in [-0.39, 0.29) is 6.10 Å². The molecule has 0 saturated carbocycles. The van der Waals surface area contributed by atoms with Crippen molar-refractivity contribution in [3.8, 4) is 0 Å². The van der Waals surface area contributed by atoms with Gasteiger partial charge in [0, 0.05) is 19.6 Å². The molecule has 2 aliphatic heterocycles. The number of likely N-dealkylation sites (tertiary alicyclic amines) is 2. The summed E-state index contributed by atoms with van der Waals surface area (Å²) < 4.78 is 0. The van der Waals surface area contributed by atoms with E-state index in [0.717, 1.165) is 31.6 Å². The standard InChI is InChI=1S/C31H36N2O/c34-30-20-24-33(25-26(30)19-23-32-21-11-4-12-22-32)31(27-13-5-1-6-14-27,28-15-7-2-8-16-28)29-17-9-3-10-18-29/h1-3,5-10,13-19,30,34H,4,11-12,20-25H2. The average Bonchev–Trinajstić information content (AvgIpc) is 2.92. The van der Waals surface area contributed by atoms with Crippen LogP contribution in [0.2, 0.25) is 0 Å². The molecule has 5 rings (SSSR count). The van der Waals surface area contributed by atoms with Gasteiger partial charge >= 0.3 is 0 Å². The van der Waals surface area contributed by atoms with Gasteiger partial charge in [-0.15, -0.1) is 0 Å². The van der Waals surface area contributed by atoms with Crippen LogP contribution in [0.4, 0.5) is 0 Å². The maximum atomic E-state index is 11.0. The first kappa shape index (κ1) is 23.0. The smallest absolute Gasteiger partial charge is 0.0975 e. The molecule has 3 aromatic rings. The zero-order valence-corrected chi connectivity index (χ0v) is 20.0. The van der Waals surface area contributed by atoms with Crippen molar-refractivity contribution in [2.24, 2.45) is 0 Å². The number of nitrogens with zero attached hydrogens (tertiary/aromatic N) is 2. The van der Waals surface area contributed by atoms with Crippen molar-refractivity contribution in [1.29, 1.82) is 0 Å². The third-order valence-corrected chi connectivity index (χ3v) is 7.58. The lowest BCUT2D eigenvalue weighted by molar-refractivity contribution is 0.0853. The summed E-state index contributed by atoms with van der Waals surface area (Å²) in [6.07, 6.45) is 6.63. The Bertz CT molecular complexity index is 962. The van der Waals surface area contributed by atoms with Gasteiger partial charge in [-0.3, -0.25) is 9.80 Å². The van der Waals surface area contributed by atoms with Crippen molar-refractivity contribution < 1.29 is 5.11 Å².